The van der Waals surface area contributed by atoms with Gasteiger partial charge in [0.1, 0.15) is 0 Å². The molecule has 0 aliphatic rings. The summed E-state index contributed by atoms with van der Waals surface area (Å²) in [5, 5.41) is 0. The highest BCUT2D eigenvalue weighted by molar-refractivity contribution is 7.15. The smallest absolute Gasteiger partial charge is 0.256 e. The Balaban J connectivity index is 2.68. The molecule has 0 bridgehead atoms. The van der Waals surface area contributed by atoms with Crippen molar-refractivity contribution in [2.45, 2.75) is 25.3 Å². The highest BCUT2D eigenvalue weighted by atomic mass is 35.5. The number of nitrogens with two attached hydrogens (primary N) is 1. The van der Waals surface area contributed by atoms with Crippen LogP contribution in [0.15, 0.2) is 6.20 Å². The average Bonchev–Trinajstić information content (AvgIpc) is 2.34. The molecule has 6 heteroatoms. The van der Waals surface area contributed by atoms with Crippen molar-refractivity contribution < 1.29 is 8.78 Å². The van der Waals surface area contributed by atoms with Crippen LogP contribution in [0, 0.1) is 0 Å². The number of halogens is 3. The minimum atomic E-state index is -2.55. The maximum absolute atomic E-state index is 12.3. The van der Waals surface area contributed by atoms with Crippen molar-refractivity contribution in [3.8, 4) is 0 Å². The molecule has 74 valence electrons. The molecule has 1 unspecified atom stereocenters. The van der Waals surface area contributed by atoms with E-state index in [-0.39, 0.29) is 6.42 Å². The predicted octanol–water partition coefficient (Wildman–Crippen LogP) is 2.32. The Bertz CT molecular complexity index is 288. The molecule has 1 atom stereocenters. The largest absolute Gasteiger partial charge is 0.320 e. The number of thiazole rings is 1. The predicted molar refractivity (Wildman–Crippen MR) is 49.4 cm³/mol. The van der Waals surface area contributed by atoms with E-state index in [0.717, 1.165) is 0 Å². The van der Waals surface area contributed by atoms with Gasteiger partial charge in [0, 0.05) is 17.5 Å². The first-order valence-electron chi connectivity index (χ1n) is 3.59. The van der Waals surface area contributed by atoms with Gasteiger partial charge >= 0.3 is 0 Å². The Labute approximate surface area is 83.7 Å². The highest BCUT2D eigenvalue weighted by Crippen LogP contribution is 2.24. The molecule has 0 amide bonds. The average molecular weight is 227 g/mol. The third-order valence-corrected chi connectivity index (χ3v) is 2.69. The van der Waals surface area contributed by atoms with Gasteiger partial charge in [0.05, 0.1) is 5.54 Å². The summed E-state index contributed by atoms with van der Waals surface area (Å²) in [6.45, 7) is 1.31. The molecule has 1 aromatic rings. The van der Waals surface area contributed by atoms with Crippen molar-refractivity contribution in [2.24, 2.45) is 5.73 Å². The lowest BCUT2D eigenvalue weighted by molar-refractivity contribution is 0.0643. The summed E-state index contributed by atoms with van der Waals surface area (Å²) in [5.74, 6) is 0. The van der Waals surface area contributed by atoms with Crippen LogP contribution in [-0.2, 0) is 6.42 Å². The second-order valence-corrected chi connectivity index (χ2v) is 4.76. The molecule has 0 saturated heterocycles. The van der Waals surface area contributed by atoms with Gasteiger partial charge < -0.3 is 5.73 Å². The summed E-state index contributed by atoms with van der Waals surface area (Å²) in [4.78, 5) is 4.42. The third kappa shape index (κ3) is 2.86. The summed E-state index contributed by atoms with van der Waals surface area (Å²) >= 11 is 6.72. The first-order valence-corrected chi connectivity index (χ1v) is 4.78. The maximum Gasteiger partial charge on any atom is 0.256 e. The number of hydrogen-bond acceptors (Lipinski definition) is 3. The van der Waals surface area contributed by atoms with E-state index in [1.54, 1.807) is 0 Å². The number of rotatable bonds is 3. The topological polar surface area (TPSA) is 38.9 Å². The van der Waals surface area contributed by atoms with Crippen molar-refractivity contribution in [1.82, 2.24) is 4.98 Å². The Morgan fingerprint density at radius 3 is 2.77 bits per heavy atom. The van der Waals surface area contributed by atoms with Crippen molar-refractivity contribution in [3.63, 3.8) is 0 Å². The molecule has 0 spiro atoms. The minimum Gasteiger partial charge on any atom is -0.320 e. The Morgan fingerprint density at radius 2 is 2.38 bits per heavy atom. The van der Waals surface area contributed by atoms with E-state index in [9.17, 15) is 8.78 Å². The maximum atomic E-state index is 12.3. The van der Waals surface area contributed by atoms with Gasteiger partial charge in [-0.25, -0.2) is 13.8 Å². The van der Waals surface area contributed by atoms with E-state index >= 15 is 0 Å². The number of nitrogens with zero attached hydrogens (tertiary/aromatic N) is 1. The molecule has 1 rings (SSSR count). The van der Waals surface area contributed by atoms with Crippen molar-refractivity contribution in [1.29, 1.82) is 0 Å². The van der Waals surface area contributed by atoms with E-state index in [1.807, 2.05) is 0 Å². The molecular weight excluding hydrogens is 218 g/mol. The molecule has 2 N–H and O–H groups in total. The molecule has 0 fully saturated rings. The molecule has 0 saturated carbocycles. The van der Waals surface area contributed by atoms with E-state index in [0.29, 0.717) is 9.34 Å². The van der Waals surface area contributed by atoms with Crippen LogP contribution in [0.25, 0.3) is 0 Å². The number of aromatic nitrogens is 1. The monoisotopic (exact) mass is 226 g/mol. The van der Waals surface area contributed by atoms with E-state index in [4.69, 9.17) is 17.3 Å². The second-order valence-electron chi connectivity index (χ2n) is 3.06. The third-order valence-electron chi connectivity index (χ3n) is 1.58. The molecule has 2 nitrogen and oxygen atoms in total. The fourth-order valence-corrected chi connectivity index (χ4v) is 1.97. The van der Waals surface area contributed by atoms with E-state index in [1.165, 1.54) is 24.5 Å². The number of alkyl halides is 2. The van der Waals surface area contributed by atoms with Gasteiger partial charge in [0.15, 0.2) is 4.47 Å². The Morgan fingerprint density at radius 1 is 1.77 bits per heavy atom. The molecule has 0 aliphatic heterocycles. The molecule has 0 aliphatic carbocycles. The van der Waals surface area contributed by atoms with Gasteiger partial charge in [-0.05, 0) is 6.92 Å². The molecule has 0 radical (unpaired) electrons. The van der Waals surface area contributed by atoms with Crippen LogP contribution in [-0.4, -0.2) is 16.9 Å². The van der Waals surface area contributed by atoms with Crippen LogP contribution in [0.3, 0.4) is 0 Å². The Kier molecular flexibility index (Phi) is 3.21. The lowest BCUT2D eigenvalue weighted by Gasteiger charge is -2.22. The quantitative estimate of drug-likeness (QED) is 0.859. The van der Waals surface area contributed by atoms with Crippen LogP contribution in [0.5, 0.6) is 0 Å². The fourth-order valence-electron chi connectivity index (χ4n) is 0.818. The van der Waals surface area contributed by atoms with Crippen LogP contribution >= 0.6 is 22.9 Å². The van der Waals surface area contributed by atoms with Gasteiger partial charge in [0.25, 0.3) is 6.43 Å². The SMILES string of the molecule is CC(N)(Cc1cnc(Cl)s1)C(F)F. The van der Waals surface area contributed by atoms with Gasteiger partial charge in [0.2, 0.25) is 0 Å². The summed E-state index contributed by atoms with van der Waals surface area (Å²) in [7, 11) is 0. The molecule has 1 aromatic heterocycles. The molecule has 0 aromatic carbocycles. The van der Waals surface area contributed by atoms with Crippen LogP contribution in [0.4, 0.5) is 8.78 Å². The van der Waals surface area contributed by atoms with Crippen LogP contribution < -0.4 is 5.73 Å². The first kappa shape index (κ1) is 10.8. The summed E-state index contributed by atoms with van der Waals surface area (Å²) in [5.41, 5.74) is 3.88. The first-order chi connectivity index (χ1) is 5.92. The van der Waals surface area contributed by atoms with Crippen molar-refractivity contribution >= 4 is 22.9 Å². The van der Waals surface area contributed by atoms with Crippen molar-refractivity contribution in [2.75, 3.05) is 0 Å². The zero-order valence-electron chi connectivity index (χ0n) is 6.93. The highest BCUT2D eigenvalue weighted by Gasteiger charge is 2.31. The lowest BCUT2D eigenvalue weighted by atomic mass is 10.00. The van der Waals surface area contributed by atoms with Gasteiger partial charge in [-0.2, -0.15) is 0 Å². The second kappa shape index (κ2) is 3.86. The zero-order valence-corrected chi connectivity index (χ0v) is 8.50. The van der Waals surface area contributed by atoms with E-state index < -0.39 is 12.0 Å². The number of hydrogen-bond donors (Lipinski definition) is 1. The van der Waals surface area contributed by atoms with Gasteiger partial charge in [-0.15, -0.1) is 11.3 Å². The molecule has 1 heterocycles. The normalized spacial score (nSPS) is 16.2. The minimum absolute atomic E-state index is 0.0923. The van der Waals surface area contributed by atoms with Crippen LogP contribution in [0.2, 0.25) is 4.47 Å². The fraction of sp³-hybridized carbons (Fsp3) is 0.571. The Hall–Kier alpha value is -0.260. The zero-order chi connectivity index (χ0) is 10.1. The van der Waals surface area contributed by atoms with Gasteiger partial charge in [-0.1, -0.05) is 11.6 Å². The van der Waals surface area contributed by atoms with Crippen molar-refractivity contribution in [3.05, 3.63) is 15.5 Å². The standard InChI is InChI=1S/C7H9ClF2N2S/c1-7(11,5(9)10)2-4-3-12-6(8)13-4/h3,5H,2,11H2,1H3. The molecule has 13 heavy (non-hydrogen) atoms. The van der Waals surface area contributed by atoms with Crippen LogP contribution in [0.1, 0.15) is 11.8 Å². The summed E-state index contributed by atoms with van der Waals surface area (Å²) in [6.07, 6.45) is -0.983. The lowest BCUT2D eigenvalue weighted by Crippen LogP contribution is -2.45. The summed E-state index contributed by atoms with van der Waals surface area (Å²) < 4.78 is 25.0. The van der Waals surface area contributed by atoms with Gasteiger partial charge in [-0.3, -0.25) is 0 Å². The molecular formula is C7H9ClF2N2S. The van der Waals surface area contributed by atoms with E-state index in [2.05, 4.69) is 4.98 Å². The summed E-state index contributed by atoms with van der Waals surface area (Å²) in [6, 6.07) is 0.